The SMILES string of the molecule is CO/C=C/C1C2CN(c3cc(C(F)(F)F)nc(Cl)n3)CC12c1nccs1. The molecule has 138 valence electrons. The van der Waals surface area contributed by atoms with Gasteiger partial charge in [-0.25, -0.2) is 15.0 Å². The molecule has 0 amide bonds. The fourth-order valence-electron chi connectivity index (χ4n) is 3.85. The zero-order valence-electron chi connectivity index (χ0n) is 13.6. The van der Waals surface area contributed by atoms with E-state index in [4.69, 9.17) is 16.3 Å². The lowest BCUT2D eigenvalue weighted by Crippen LogP contribution is -2.30. The number of aromatic nitrogens is 3. The number of hydrogen-bond donors (Lipinski definition) is 0. The monoisotopic (exact) mass is 402 g/mol. The average molecular weight is 403 g/mol. The quantitative estimate of drug-likeness (QED) is 0.575. The van der Waals surface area contributed by atoms with Crippen molar-refractivity contribution >= 4 is 28.8 Å². The predicted octanol–water partition coefficient (Wildman–Crippen LogP) is 3.77. The molecule has 26 heavy (non-hydrogen) atoms. The van der Waals surface area contributed by atoms with Crippen molar-refractivity contribution in [1.29, 1.82) is 0 Å². The largest absolute Gasteiger partial charge is 0.505 e. The number of rotatable bonds is 4. The van der Waals surface area contributed by atoms with E-state index in [0.29, 0.717) is 13.1 Å². The van der Waals surface area contributed by atoms with Crippen LogP contribution in [0.15, 0.2) is 30.0 Å². The minimum Gasteiger partial charge on any atom is -0.505 e. The molecular formula is C16H14ClF3N4OS. The van der Waals surface area contributed by atoms with Crippen LogP contribution in [0, 0.1) is 11.8 Å². The minimum atomic E-state index is -4.57. The molecule has 2 aromatic rings. The highest BCUT2D eigenvalue weighted by Crippen LogP contribution is 2.65. The third-order valence-corrected chi connectivity index (χ3v) is 6.14. The normalized spacial score (nSPS) is 27.8. The third kappa shape index (κ3) is 2.73. The number of hydrogen-bond acceptors (Lipinski definition) is 6. The van der Waals surface area contributed by atoms with Gasteiger partial charge in [0.25, 0.3) is 0 Å². The molecule has 3 heterocycles. The zero-order valence-corrected chi connectivity index (χ0v) is 15.1. The number of alkyl halides is 3. The number of anilines is 1. The molecule has 2 aromatic heterocycles. The van der Waals surface area contributed by atoms with Crippen LogP contribution in [0.4, 0.5) is 19.0 Å². The summed E-state index contributed by atoms with van der Waals surface area (Å²) in [6.07, 6.45) is 0.817. The second kappa shape index (κ2) is 6.09. The zero-order chi connectivity index (χ0) is 18.5. The van der Waals surface area contributed by atoms with Crippen molar-refractivity contribution in [2.45, 2.75) is 11.6 Å². The van der Waals surface area contributed by atoms with E-state index in [9.17, 15) is 13.2 Å². The Labute approximate surface area is 156 Å². The molecule has 0 N–H and O–H groups in total. The third-order valence-electron chi connectivity index (χ3n) is 5.00. The molecule has 2 fully saturated rings. The van der Waals surface area contributed by atoms with Crippen molar-refractivity contribution in [3.05, 3.63) is 46.0 Å². The van der Waals surface area contributed by atoms with Crippen molar-refractivity contribution in [2.24, 2.45) is 11.8 Å². The second-order valence-corrected chi connectivity index (χ2v) is 7.57. The number of halogens is 4. The number of ether oxygens (including phenoxy) is 1. The summed E-state index contributed by atoms with van der Waals surface area (Å²) in [5.74, 6) is 0.669. The van der Waals surface area contributed by atoms with Crippen molar-refractivity contribution in [2.75, 3.05) is 25.1 Å². The first-order chi connectivity index (χ1) is 12.4. The second-order valence-electron chi connectivity index (χ2n) is 6.33. The van der Waals surface area contributed by atoms with Crippen LogP contribution in [0.5, 0.6) is 0 Å². The van der Waals surface area contributed by atoms with Gasteiger partial charge < -0.3 is 9.64 Å². The van der Waals surface area contributed by atoms with E-state index in [1.807, 2.05) is 16.4 Å². The predicted molar refractivity (Wildman–Crippen MR) is 91.2 cm³/mol. The summed E-state index contributed by atoms with van der Waals surface area (Å²) in [7, 11) is 1.58. The van der Waals surface area contributed by atoms with Crippen LogP contribution in [0.25, 0.3) is 0 Å². The van der Waals surface area contributed by atoms with E-state index in [2.05, 4.69) is 15.0 Å². The Bertz CT molecular complexity index is 845. The molecule has 3 atom stereocenters. The molecule has 0 radical (unpaired) electrons. The Hall–Kier alpha value is -1.87. The van der Waals surface area contributed by atoms with Gasteiger partial charge in [0.2, 0.25) is 5.28 Å². The molecule has 0 bridgehead atoms. The highest BCUT2D eigenvalue weighted by Gasteiger charge is 2.70. The molecule has 3 unspecified atom stereocenters. The van der Waals surface area contributed by atoms with E-state index in [1.54, 1.807) is 30.9 Å². The maximum absolute atomic E-state index is 13.0. The number of allylic oxidation sites excluding steroid dienone is 1. The van der Waals surface area contributed by atoms with Gasteiger partial charge in [0.1, 0.15) is 10.8 Å². The van der Waals surface area contributed by atoms with Crippen LogP contribution < -0.4 is 4.90 Å². The Balaban J connectivity index is 1.65. The van der Waals surface area contributed by atoms with Crippen LogP contribution in [0.1, 0.15) is 10.7 Å². The molecule has 0 aromatic carbocycles. The van der Waals surface area contributed by atoms with Gasteiger partial charge in [-0.05, 0) is 29.5 Å². The van der Waals surface area contributed by atoms with Gasteiger partial charge in [0, 0.05) is 30.7 Å². The Morgan fingerprint density at radius 3 is 2.88 bits per heavy atom. The smallest absolute Gasteiger partial charge is 0.433 e. The number of piperidine rings is 1. The van der Waals surface area contributed by atoms with E-state index in [0.717, 1.165) is 11.1 Å². The topological polar surface area (TPSA) is 51.1 Å². The molecule has 5 nitrogen and oxygen atoms in total. The Kier molecular flexibility index (Phi) is 4.11. The maximum atomic E-state index is 13.0. The molecule has 0 spiro atoms. The standard InChI is InChI=1S/C16H14ClF3N4OS/c1-25-4-2-9-10-7-24(8-15(9,10)13-21-3-5-26-13)12-6-11(16(18,19)20)22-14(17)23-12/h2-6,9-10H,7-8H2,1H3/b4-2+. The van der Waals surface area contributed by atoms with E-state index < -0.39 is 17.2 Å². The lowest BCUT2D eigenvalue weighted by atomic mass is 10.0. The van der Waals surface area contributed by atoms with Crippen molar-refractivity contribution in [1.82, 2.24) is 15.0 Å². The van der Waals surface area contributed by atoms with Crippen LogP contribution in [-0.2, 0) is 16.3 Å². The van der Waals surface area contributed by atoms with Crippen LogP contribution in [0.3, 0.4) is 0 Å². The lowest BCUT2D eigenvalue weighted by Gasteiger charge is -2.23. The number of thiazole rings is 1. The van der Waals surface area contributed by atoms with Gasteiger partial charge in [-0.3, -0.25) is 0 Å². The summed E-state index contributed by atoms with van der Waals surface area (Å²) in [6, 6.07) is 0.951. The maximum Gasteiger partial charge on any atom is 0.433 e. The van der Waals surface area contributed by atoms with Crippen molar-refractivity contribution in [3.63, 3.8) is 0 Å². The molecule has 2 aliphatic rings. The molecule has 4 rings (SSSR count). The van der Waals surface area contributed by atoms with Gasteiger partial charge in [0.05, 0.1) is 18.8 Å². The van der Waals surface area contributed by atoms with Gasteiger partial charge in [0.15, 0.2) is 5.69 Å². The minimum absolute atomic E-state index is 0.190. The van der Waals surface area contributed by atoms with E-state index >= 15 is 0 Å². The van der Waals surface area contributed by atoms with Gasteiger partial charge in [-0.2, -0.15) is 13.2 Å². The summed E-state index contributed by atoms with van der Waals surface area (Å²) in [4.78, 5) is 13.6. The molecular weight excluding hydrogens is 389 g/mol. The van der Waals surface area contributed by atoms with Crippen LogP contribution in [0.2, 0.25) is 5.28 Å². The van der Waals surface area contributed by atoms with E-state index in [-0.39, 0.29) is 23.1 Å². The molecule has 1 saturated heterocycles. The number of nitrogens with zero attached hydrogens (tertiary/aromatic N) is 4. The summed E-state index contributed by atoms with van der Waals surface area (Å²) in [6.45, 7) is 1.09. The Morgan fingerprint density at radius 1 is 1.42 bits per heavy atom. The van der Waals surface area contributed by atoms with Crippen LogP contribution in [-0.4, -0.2) is 35.2 Å². The molecule has 1 aliphatic heterocycles. The molecule has 1 saturated carbocycles. The van der Waals surface area contributed by atoms with Crippen LogP contribution >= 0.6 is 22.9 Å². The van der Waals surface area contributed by atoms with Gasteiger partial charge >= 0.3 is 6.18 Å². The molecule has 1 aliphatic carbocycles. The average Bonchev–Trinajstić information content (AvgIpc) is 3.02. The van der Waals surface area contributed by atoms with Crippen molar-refractivity contribution in [3.8, 4) is 0 Å². The first-order valence-electron chi connectivity index (χ1n) is 7.82. The summed E-state index contributed by atoms with van der Waals surface area (Å²) in [5.41, 5.74) is -1.26. The fraction of sp³-hybridized carbons (Fsp3) is 0.438. The first kappa shape index (κ1) is 17.5. The number of fused-ring (bicyclic) bond motifs is 1. The highest BCUT2D eigenvalue weighted by molar-refractivity contribution is 7.09. The summed E-state index contributed by atoms with van der Waals surface area (Å²) < 4.78 is 44.1. The summed E-state index contributed by atoms with van der Waals surface area (Å²) in [5, 5.41) is 2.48. The van der Waals surface area contributed by atoms with Gasteiger partial charge in [-0.1, -0.05) is 0 Å². The fourth-order valence-corrected chi connectivity index (χ4v) is 4.97. The number of methoxy groups -OCH3 is 1. The van der Waals surface area contributed by atoms with E-state index in [1.165, 1.54) is 0 Å². The van der Waals surface area contributed by atoms with Crippen molar-refractivity contribution < 1.29 is 17.9 Å². The summed E-state index contributed by atoms with van der Waals surface area (Å²) >= 11 is 7.28. The highest BCUT2D eigenvalue weighted by atomic mass is 35.5. The first-order valence-corrected chi connectivity index (χ1v) is 9.08. The Morgan fingerprint density at radius 2 is 2.23 bits per heavy atom. The molecule has 10 heteroatoms. The van der Waals surface area contributed by atoms with Gasteiger partial charge in [-0.15, -0.1) is 11.3 Å². The lowest BCUT2D eigenvalue weighted by molar-refractivity contribution is -0.141.